The van der Waals surface area contributed by atoms with E-state index in [4.69, 9.17) is 4.74 Å². The zero-order valence-corrected chi connectivity index (χ0v) is 16.5. The van der Waals surface area contributed by atoms with E-state index in [0.717, 1.165) is 22.8 Å². The molecule has 1 unspecified atom stereocenters. The number of hydrogen-bond acceptors (Lipinski definition) is 3. The second kappa shape index (κ2) is 10.6. The Labute approximate surface area is 158 Å². The molecule has 0 fully saturated rings. The minimum atomic E-state index is -0.902. The van der Waals surface area contributed by atoms with Gasteiger partial charge < -0.3 is 15.0 Å². The molecule has 6 heteroatoms. The summed E-state index contributed by atoms with van der Waals surface area (Å²) in [6.07, 6.45) is 0. The molecule has 0 heterocycles. The van der Waals surface area contributed by atoms with Crippen LogP contribution in [0, 0.1) is 0 Å². The van der Waals surface area contributed by atoms with Crippen LogP contribution in [-0.4, -0.2) is 48.6 Å². The first kappa shape index (κ1) is 20.0. The Hall–Kier alpha value is -2.34. The first-order chi connectivity index (χ1) is 12.6. The Kier molecular flexibility index (Phi) is 8.15. The molecule has 1 atom stereocenters. The van der Waals surface area contributed by atoms with Crippen molar-refractivity contribution in [1.82, 2.24) is 10.2 Å². The van der Waals surface area contributed by atoms with E-state index in [1.54, 1.807) is 14.2 Å². The molecule has 0 aliphatic heterocycles. The van der Waals surface area contributed by atoms with Crippen LogP contribution in [0.3, 0.4) is 0 Å². The molecule has 0 radical (unpaired) electrons. The summed E-state index contributed by atoms with van der Waals surface area (Å²) in [5.41, 5.74) is 2.19. The lowest BCUT2D eigenvalue weighted by atomic mass is 10.2. The number of hydrogen-bond donors (Lipinski definition) is 1. The van der Waals surface area contributed by atoms with Gasteiger partial charge in [-0.3, -0.25) is 9.20 Å². The molecule has 0 bridgehead atoms. The molecule has 5 nitrogen and oxygen atoms in total. The Morgan fingerprint density at radius 3 is 2.54 bits per heavy atom. The molecule has 26 heavy (non-hydrogen) atoms. The van der Waals surface area contributed by atoms with Crippen molar-refractivity contribution in [3.63, 3.8) is 0 Å². The predicted molar refractivity (Wildman–Crippen MR) is 109 cm³/mol. The number of ether oxygens (including phenoxy) is 1. The summed E-state index contributed by atoms with van der Waals surface area (Å²) in [6.45, 7) is 1.29. The molecule has 2 aromatic rings. The lowest BCUT2D eigenvalue weighted by molar-refractivity contribution is 0.396. The highest BCUT2D eigenvalue weighted by molar-refractivity contribution is 7.84. The lowest BCUT2D eigenvalue weighted by Crippen LogP contribution is -2.40. The van der Waals surface area contributed by atoms with Crippen molar-refractivity contribution >= 4 is 16.8 Å². The topological polar surface area (TPSA) is 53.9 Å². The van der Waals surface area contributed by atoms with Crippen LogP contribution in [-0.2, 0) is 23.1 Å². The third-order valence-electron chi connectivity index (χ3n) is 3.96. The molecule has 1 N–H and O–H groups in total. The summed E-state index contributed by atoms with van der Waals surface area (Å²) in [5, 5.41) is 3.29. The molecule has 2 rings (SSSR count). The average Bonchev–Trinajstić information content (AvgIpc) is 2.66. The lowest BCUT2D eigenvalue weighted by Gasteiger charge is -2.23. The van der Waals surface area contributed by atoms with Crippen LogP contribution in [0.4, 0.5) is 0 Å². The van der Waals surface area contributed by atoms with Crippen molar-refractivity contribution in [3.05, 3.63) is 65.7 Å². The average molecular weight is 374 g/mol. The fraction of sp³-hybridized carbons (Fsp3) is 0.350. The second-order valence-electron chi connectivity index (χ2n) is 5.92. The van der Waals surface area contributed by atoms with Crippen molar-refractivity contribution in [2.75, 3.05) is 33.5 Å². The number of benzene rings is 2. The maximum atomic E-state index is 12.2. The minimum Gasteiger partial charge on any atom is -0.496 e. The molecule has 0 aliphatic carbocycles. The Morgan fingerprint density at radius 1 is 1.15 bits per heavy atom. The molecular weight excluding hydrogens is 346 g/mol. The number of rotatable bonds is 8. The van der Waals surface area contributed by atoms with E-state index >= 15 is 0 Å². The van der Waals surface area contributed by atoms with E-state index < -0.39 is 10.8 Å². The highest BCUT2D eigenvalue weighted by atomic mass is 32.2. The van der Waals surface area contributed by atoms with Crippen molar-refractivity contribution in [3.8, 4) is 5.75 Å². The van der Waals surface area contributed by atoms with Crippen molar-refractivity contribution in [2.24, 2.45) is 4.99 Å². The number of methoxy groups -OCH3 is 1. The fourth-order valence-electron chi connectivity index (χ4n) is 2.66. The van der Waals surface area contributed by atoms with Crippen LogP contribution in [0.15, 0.2) is 59.6 Å². The Morgan fingerprint density at radius 2 is 1.85 bits per heavy atom. The van der Waals surface area contributed by atoms with Gasteiger partial charge in [-0.1, -0.05) is 48.5 Å². The summed E-state index contributed by atoms with van der Waals surface area (Å²) < 4.78 is 17.6. The van der Waals surface area contributed by atoms with Gasteiger partial charge in [0.05, 0.1) is 7.11 Å². The smallest absolute Gasteiger partial charge is 0.193 e. The first-order valence-corrected chi connectivity index (χ1v) is 10.1. The van der Waals surface area contributed by atoms with Gasteiger partial charge in [-0.2, -0.15) is 0 Å². The molecule has 0 spiro atoms. The van der Waals surface area contributed by atoms with Gasteiger partial charge in [0.2, 0.25) is 0 Å². The molecule has 0 saturated heterocycles. The highest BCUT2D eigenvalue weighted by Crippen LogP contribution is 2.18. The first-order valence-electron chi connectivity index (χ1n) is 8.56. The summed E-state index contributed by atoms with van der Waals surface area (Å²) in [7, 11) is 4.50. The third-order valence-corrected chi connectivity index (χ3v) is 5.27. The second-order valence-corrected chi connectivity index (χ2v) is 7.49. The van der Waals surface area contributed by atoms with Crippen molar-refractivity contribution < 1.29 is 8.95 Å². The van der Waals surface area contributed by atoms with Crippen LogP contribution >= 0.6 is 0 Å². The molecule has 2 aromatic carbocycles. The molecule has 0 aliphatic rings. The highest BCUT2D eigenvalue weighted by Gasteiger charge is 2.10. The van der Waals surface area contributed by atoms with Crippen LogP contribution < -0.4 is 10.1 Å². The number of nitrogens with one attached hydrogen (secondary N) is 1. The standard InChI is InChI=1S/C20H27N3O2S/c1-21-20(23(2)15-18-11-7-8-12-19(18)25-3)22-13-14-26(24)16-17-9-5-4-6-10-17/h4-12H,13-16H2,1-3H3,(H,21,22). The maximum absolute atomic E-state index is 12.2. The summed E-state index contributed by atoms with van der Waals surface area (Å²) in [5.74, 6) is 2.79. The van der Waals surface area contributed by atoms with E-state index in [1.165, 1.54) is 0 Å². The molecule has 0 amide bonds. The van der Waals surface area contributed by atoms with Crippen LogP contribution in [0.1, 0.15) is 11.1 Å². The fourth-order valence-corrected chi connectivity index (χ4v) is 3.70. The van der Waals surface area contributed by atoms with Gasteiger partial charge in [-0.05, 0) is 11.6 Å². The van der Waals surface area contributed by atoms with Gasteiger partial charge in [0.1, 0.15) is 5.75 Å². The third kappa shape index (κ3) is 6.19. The van der Waals surface area contributed by atoms with E-state index in [0.29, 0.717) is 24.6 Å². The minimum absolute atomic E-state index is 0.580. The zero-order valence-electron chi connectivity index (χ0n) is 15.6. The Bertz CT molecular complexity index is 735. The zero-order chi connectivity index (χ0) is 18.8. The van der Waals surface area contributed by atoms with Gasteiger partial charge in [-0.25, -0.2) is 0 Å². The number of nitrogens with zero attached hydrogens (tertiary/aromatic N) is 2. The van der Waals surface area contributed by atoms with Gasteiger partial charge in [0.25, 0.3) is 0 Å². The largest absolute Gasteiger partial charge is 0.496 e. The van der Waals surface area contributed by atoms with E-state index in [2.05, 4.69) is 10.3 Å². The maximum Gasteiger partial charge on any atom is 0.193 e. The van der Waals surface area contributed by atoms with Gasteiger partial charge >= 0.3 is 0 Å². The normalized spacial score (nSPS) is 12.5. The monoisotopic (exact) mass is 373 g/mol. The molecular formula is C20H27N3O2S. The molecule has 0 aromatic heterocycles. The van der Waals surface area contributed by atoms with E-state index in [1.807, 2.05) is 66.5 Å². The molecule has 0 saturated carbocycles. The van der Waals surface area contributed by atoms with Gasteiger partial charge in [0.15, 0.2) is 5.96 Å². The summed E-state index contributed by atoms with van der Waals surface area (Å²) in [4.78, 5) is 6.34. The van der Waals surface area contributed by atoms with Crippen LogP contribution in [0.25, 0.3) is 0 Å². The molecule has 140 valence electrons. The predicted octanol–water partition coefficient (Wildman–Crippen LogP) is 2.65. The quantitative estimate of drug-likeness (QED) is 0.571. The number of aliphatic imine (C=N–C) groups is 1. The van der Waals surface area contributed by atoms with Crippen molar-refractivity contribution in [1.29, 1.82) is 0 Å². The van der Waals surface area contributed by atoms with Gasteiger partial charge in [0, 0.05) is 55.1 Å². The number of para-hydroxylation sites is 1. The van der Waals surface area contributed by atoms with E-state index in [-0.39, 0.29) is 0 Å². The van der Waals surface area contributed by atoms with Crippen molar-refractivity contribution in [2.45, 2.75) is 12.3 Å². The summed E-state index contributed by atoms with van der Waals surface area (Å²) >= 11 is 0. The van der Waals surface area contributed by atoms with Crippen LogP contribution in [0.2, 0.25) is 0 Å². The number of guanidine groups is 1. The SMILES string of the molecule is CN=C(NCCS(=O)Cc1ccccc1)N(C)Cc1ccccc1OC. The van der Waals surface area contributed by atoms with E-state index in [9.17, 15) is 4.21 Å². The van der Waals surface area contributed by atoms with Crippen LogP contribution in [0.5, 0.6) is 5.75 Å². The van der Waals surface area contributed by atoms with Gasteiger partial charge in [-0.15, -0.1) is 0 Å². The Balaban J connectivity index is 1.82. The summed E-state index contributed by atoms with van der Waals surface area (Å²) in [6, 6.07) is 17.9.